The lowest BCUT2D eigenvalue weighted by Gasteiger charge is -2.04. The molecule has 5 aromatic rings. The number of carbonyl (C=O) groups is 1. The fourth-order valence-corrected chi connectivity index (χ4v) is 4.78. The van der Waals surface area contributed by atoms with Crippen LogP contribution in [0.15, 0.2) is 45.3 Å². The molecule has 0 aliphatic rings. The van der Waals surface area contributed by atoms with E-state index in [0.717, 1.165) is 28.0 Å². The van der Waals surface area contributed by atoms with Crippen LogP contribution in [-0.2, 0) is 17.9 Å². The van der Waals surface area contributed by atoms with Gasteiger partial charge >= 0.3 is 5.97 Å². The Balaban J connectivity index is 1.32. The molecule has 0 aliphatic heterocycles. The number of nitrogens with zero attached hydrogens (tertiary/aromatic N) is 5. The van der Waals surface area contributed by atoms with Crippen molar-refractivity contribution in [1.82, 2.24) is 25.1 Å². The maximum atomic E-state index is 12.7. The second-order valence-electron chi connectivity index (χ2n) is 8.40. The molecule has 0 aliphatic carbocycles. The van der Waals surface area contributed by atoms with Crippen LogP contribution in [0.3, 0.4) is 0 Å². The van der Waals surface area contributed by atoms with Crippen LogP contribution < -0.4 is 0 Å². The third-order valence-electron chi connectivity index (χ3n) is 5.26. The van der Waals surface area contributed by atoms with Crippen LogP contribution in [0.25, 0.3) is 32.9 Å². The number of fused-ring (bicyclic) bond motifs is 1. The van der Waals surface area contributed by atoms with E-state index in [1.807, 2.05) is 48.0 Å². The minimum absolute atomic E-state index is 0.137. The molecular formula is C24H23N5O4S. The lowest BCUT2D eigenvalue weighted by Crippen LogP contribution is -2.06. The van der Waals surface area contributed by atoms with Gasteiger partial charge in [0.05, 0.1) is 5.69 Å². The van der Waals surface area contributed by atoms with E-state index in [9.17, 15) is 4.79 Å². The normalized spacial score (nSPS) is 11.6. The van der Waals surface area contributed by atoms with E-state index in [2.05, 4.69) is 34.3 Å². The second kappa shape index (κ2) is 8.86. The Labute approximate surface area is 199 Å². The number of esters is 1. The topological polar surface area (TPSA) is 109 Å². The molecule has 10 heteroatoms. The van der Waals surface area contributed by atoms with Gasteiger partial charge in [0.2, 0.25) is 0 Å². The Morgan fingerprint density at radius 1 is 1.18 bits per heavy atom. The molecule has 0 fully saturated rings. The van der Waals surface area contributed by atoms with Gasteiger partial charge in [-0.3, -0.25) is 4.68 Å². The van der Waals surface area contributed by atoms with Gasteiger partial charge in [0.25, 0.3) is 11.8 Å². The third-order valence-corrected chi connectivity index (χ3v) is 6.39. The number of hydrogen-bond acceptors (Lipinski definition) is 9. The molecule has 0 spiro atoms. The highest BCUT2D eigenvalue weighted by atomic mass is 32.1. The summed E-state index contributed by atoms with van der Waals surface area (Å²) in [4.78, 5) is 14.2. The first-order chi connectivity index (χ1) is 16.4. The van der Waals surface area contributed by atoms with Gasteiger partial charge in [-0.2, -0.15) is 5.10 Å². The van der Waals surface area contributed by atoms with Crippen molar-refractivity contribution in [2.45, 2.75) is 40.8 Å². The Hall–Kier alpha value is -3.79. The predicted molar refractivity (Wildman–Crippen MR) is 126 cm³/mol. The molecule has 1 aromatic carbocycles. The Morgan fingerprint density at radius 3 is 2.74 bits per heavy atom. The van der Waals surface area contributed by atoms with Crippen molar-refractivity contribution in [3.63, 3.8) is 0 Å². The summed E-state index contributed by atoms with van der Waals surface area (Å²) in [5.41, 5.74) is 3.00. The zero-order chi connectivity index (χ0) is 23.8. The van der Waals surface area contributed by atoms with Crippen LogP contribution >= 0.6 is 11.3 Å². The number of aryl methyl sites for hydroxylation is 2. The summed E-state index contributed by atoms with van der Waals surface area (Å²) in [5, 5.41) is 17.8. The van der Waals surface area contributed by atoms with E-state index in [1.165, 1.54) is 11.3 Å². The number of carbonyl (C=O) groups excluding carboxylic acids is 1. The van der Waals surface area contributed by atoms with Crippen molar-refractivity contribution in [2.24, 2.45) is 5.92 Å². The SMILES string of the molecule is Cc1onc(-c2ccccc2)c1-c1nnc(COC(=O)c2cc3c(C)nn(CC(C)C)c3s2)o1. The van der Waals surface area contributed by atoms with Crippen molar-refractivity contribution >= 4 is 27.5 Å². The Bertz CT molecular complexity index is 1460. The standard InChI is InChI=1S/C24H23N5O4S/c1-13(2)11-29-23-17(14(3)27-29)10-18(34-23)24(30)31-12-19-25-26-22(32-19)20-15(4)33-28-21(20)16-8-6-5-7-9-16/h5-10,13H,11-12H2,1-4H3. The minimum Gasteiger partial charge on any atom is -0.451 e. The maximum Gasteiger partial charge on any atom is 0.348 e. The number of thiophene rings is 1. The highest BCUT2D eigenvalue weighted by Gasteiger charge is 2.23. The monoisotopic (exact) mass is 477 g/mol. The quantitative estimate of drug-likeness (QED) is 0.285. The molecule has 9 nitrogen and oxygen atoms in total. The summed E-state index contributed by atoms with van der Waals surface area (Å²) in [6.07, 6.45) is 0. The summed E-state index contributed by atoms with van der Waals surface area (Å²) in [5.74, 6) is 1.01. The average molecular weight is 478 g/mol. The van der Waals surface area contributed by atoms with E-state index in [-0.39, 0.29) is 18.4 Å². The van der Waals surface area contributed by atoms with Gasteiger partial charge in [0.1, 0.15) is 26.7 Å². The van der Waals surface area contributed by atoms with Crippen molar-refractivity contribution in [1.29, 1.82) is 0 Å². The van der Waals surface area contributed by atoms with Crippen LogP contribution in [0.5, 0.6) is 0 Å². The fourth-order valence-electron chi connectivity index (χ4n) is 3.71. The van der Waals surface area contributed by atoms with Gasteiger partial charge in [-0.1, -0.05) is 49.3 Å². The molecular weight excluding hydrogens is 454 g/mol. The van der Waals surface area contributed by atoms with Crippen LogP contribution in [0.1, 0.15) is 40.9 Å². The molecule has 0 N–H and O–H groups in total. The second-order valence-corrected chi connectivity index (χ2v) is 9.43. The smallest absolute Gasteiger partial charge is 0.348 e. The molecule has 0 atom stereocenters. The van der Waals surface area contributed by atoms with Gasteiger partial charge in [-0.25, -0.2) is 4.79 Å². The van der Waals surface area contributed by atoms with Crippen LogP contribution in [0.2, 0.25) is 0 Å². The molecule has 34 heavy (non-hydrogen) atoms. The highest BCUT2D eigenvalue weighted by molar-refractivity contribution is 7.20. The summed E-state index contributed by atoms with van der Waals surface area (Å²) >= 11 is 1.37. The Morgan fingerprint density at radius 2 is 1.97 bits per heavy atom. The number of benzene rings is 1. The van der Waals surface area contributed by atoms with E-state index in [4.69, 9.17) is 13.7 Å². The molecule has 5 rings (SSSR count). The number of aromatic nitrogens is 5. The minimum atomic E-state index is -0.442. The zero-order valence-electron chi connectivity index (χ0n) is 19.2. The number of rotatable bonds is 7. The summed E-state index contributed by atoms with van der Waals surface area (Å²) < 4.78 is 18.5. The largest absolute Gasteiger partial charge is 0.451 e. The molecule has 0 unspecified atom stereocenters. The fraction of sp³-hybridized carbons (Fsp3) is 0.292. The van der Waals surface area contributed by atoms with E-state index in [1.54, 1.807) is 6.92 Å². The Kier molecular flexibility index (Phi) is 5.74. The van der Waals surface area contributed by atoms with E-state index < -0.39 is 5.97 Å². The molecule has 0 bridgehead atoms. The lowest BCUT2D eigenvalue weighted by atomic mass is 10.1. The highest BCUT2D eigenvalue weighted by Crippen LogP contribution is 2.33. The van der Waals surface area contributed by atoms with Crippen molar-refractivity contribution in [2.75, 3.05) is 0 Å². The summed E-state index contributed by atoms with van der Waals surface area (Å²) in [7, 11) is 0. The van der Waals surface area contributed by atoms with Gasteiger partial charge in [-0.05, 0) is 25.8 Å². The summed E-state index contributed by atoms with van der Waals surface area (Å²) in [6.45, 7) is 8.64. The average Bonchev–Trinajstić information content (AvgIpc) is 3.58. The molecule has 0 amide bonds. The van der Waals surface area contributed by atoms with Crippen molar-refractivity contribution < 1.29 is 18.5 Å². The molecule has 0 saturated heterocycles. The first kappa shape index (κ1) is 22.0. The number of hydrogen-bond donors (Lipinski definition) is 0. The maximum absolute atomic E-state index is 12.7. The van der Waals surface area contributed by atoms with E-state index in [0.29, 0.717) is 27.8 Å². The third kappa shape index (κ3) is 4.12. The first-order valence-corrected chi connectivity index (χ1v) is 11.7. The van der Waals surface area contributed by atoms with Crippen LogP contribution in [-0.4, -0.2) is 31.1 Å². The molecule has 0 saturated carbocycles. The lowest BCUT2D eigenvalue weighted by molar-refractivity contribution is 0.0444. The van der Waals surface area contributed by atoms with Gasteiger partial charge in [0.15, 0.2) is 6.61 Å². The number of ether oxygens (including phenoxy) is 1. The molecule has 4 heterocycles. The first-order valence-electron chi connectivity index (χ1n) is 10.9. The van der Waals surface area contributed by atoms with Gasteiger partial charge < -0.3 is 13.7 Å². The predicted octanol–water partition coefficient (Wildman–Crippen LogP) is 5.43. The molecule has 174 valence electrons. The van der Waals surface area contributed by atoms with Gasteiger partial charge in [0, 0.05) is 17.5 Å². The summed E-state index contributed by atoms with van der Waals surface area (Å²) in [6, 6.07) is 11.4. The molecule has 4 aromatic heterocycles. The van der Waals surface area contributed by atoms with Crippen LogP contribution in [0, 0.1) is 19.8 Å². The van der Waals surface area contributed by atoms with Crippen molar-refractivity contribution in [3.8, 4) is 22.7 Å². The van der Waals surface area contributed by atoms with E-state index >= 15 is 0 Å². The van der Waals surface area contributed by atoms with Crippen LogP contribution in [0.4, 0.5) is 0 Å². The molecule has 0 radical (unpaired) electrons. The van der Waals surface area contributed by atoms with Crippen molar-refractivity contribution in [3.05, 3.63) is 58.6 Å². The zero-order valence-corrected chi connectivity index (χ0v) is 20.0. The van der Waals surface area contributed by atoms with Gasteiger partial charge in [-0.15, -0.1) is 21.5 Å².